The van der Waals surface area contributed by atoms with Crippen LogP contribution in [0.3, 0.4) is 0 Å². The molecule has 0 atom stereocenters. The molecule has 0 saturated carbocycles. The predicted octanol–water partition coefficient (Wildman–Crippen LogP) is 2.88. The number of nitrogens with one attached hydrogen (secondary N) is 2. The van der Waals surface area contributed by atoms with Crippen molar-refractivity contribution in [2.45, 2.75) is 0 Å². The van der Waals surface area contributed by atoms with Gasteiger partial charge in [-0.05, 0) is 27.6 Å². The Bertz CT molecular complexity index is 817. The van der Waals surface area contributed by atoms with E-state index in [0.29, 0.717) is 0 Å². The molecule has 0 spiro atoms. The molecule has 3 aromatic carbocycles. The third kappa shape index (κ3) is 2.62. The normalized spacial score (nSPS) is 12.2. The van der Waals surface area contributed by atoms with Gasteiger partial charge in [0.25, 0.3) is 0 Å². The van der Waals surface area contributed by atoms with Gasteiger partial charge in [-0.1, -0.05) is 48.5 Å². The molecule has 3 N–H and O–H groups in total. The van der Waals surface area contributed by atoms with Gasteiger partial charge in [-0.3, -0.25) is 10.2 Å². The highest BCUT2D eigenvalue weighted by Gasteiger charge is 2.05. The standard InChI is InChI=1S/C17H16N4O/c1-18-17(21-22)20-19-11-16-14-8-4-2-6-12(14)10-13-7-3-5-9-15(13)16/h2-11,22H,1H3,(H2,18,20,21)/b19-11+. The van der Waals surface area contributed by atoms with E-state index in [2.05, 4.69) is 45.9 Å². The number of hydrazone groups is 1. The fraction of sp³-hybridized carbons (Fsp3) is 0.0588. The van der Waals surface area contributed by atoms with Crippen molar-refractivity contribution in [1.82, 2.24) is 10.9 Å². The lowest BCUT2D eigenvalue weighted by Gasteiger charge is -2.08. The average Bonchev–Trinajstić information content (AvgIpc) is 2.58. The number of benzene rings is 3. The number of guanidine groups is 1. The number of nitrogens with zero attached hydrogens (tertiary/aromatic N) is 2. The first kappa shape index (κ1) is 14.0. The molecule has 3 aromatic rings. The fourth-order valence-electron chi connectivity index (χ4n) is 2.47. The molecule has 0 saturated heterocycles. The van der Waals surface area contributed by atoms with E-state index in [1.54, 1.807) is 13.3 Å². The van der Waals surface area contributed by atoms with Crippen LogP contribution in [-0.2, 0) is 0 Å². The van der Waals surface area contributed by atoms with Crippen molar-refractivity contribution in [2.75, 3.05) is 7.05 Å². The first-order valence-corrected chi connectivity index (χ1v) is 6.90. The Balaban J connectivity index is 2.14. The molecule has 0 radical (unpaired) electrons. The summed E-state index contributed by atoms with van der Waals surface area (Å²) in [7, 11) is 1.55. The highest BCUT2D eigenvalue weighted by Crippen LogP contribution is 2.27. The lowest BCUT2D eigenvalue weighted by Crippen LogP contribution is -2.31. The van der Waals surface area contributed by atoms with Gasteiger partial charge in [0.1, 0.15) is 0 Å². The third-order valence-corrected chi connectivity index (χ3v) is 3.51. The summed E-state index contributed by atoms with van der Waals surface area (Å²) in [5.41, 5.74) is 5.62. The molecule has 0 bridgehead atoms. The zero-order valence-corrected chi connectivity index (χ0v) is 12.1. The molecule has 0 fully saturated rings. The van der Waals surface area contributed by atoms with Crippen LogP contribution >= 0.6 is 0 Å². The quantitative estimate of drug-likeness (QED) is 0.294. The first-order chi connectivity index (χ1) is 10.8. The molecule has 0 aliphatic rings. The first-order valence-electron chi connectivity index (χ1n) is 6.90. The maximum atomic E-state index is 8.85. The minimum Gasteiger partial charge on any atom is -0.288 e. The minimum absolute atomic E-state index is 0.181. The molecule has 5 heteroatoms. The van der Waals surface area contributed by atoms with E-state index in [1.165, 1.54) is 0 Å². The van der Waals surface area contributed by atoms with Crippen molar-refractivity contribution in [2.24, 2.45) is 10.1 Å². The predicted molar refractivity (Wildman–Crippen MR) is 90.5 cm³/mol. The summed E-state index contributed by atoms with van der Waals surface area (Å²) in [5, 5.41) is 17.6. The zero-order valence-electron chi connectivity index (χ0n) is 12.1. The number of hydroxylamine groups is 1. The second kappa shape index (κ2) is 6.24. The maximum Gasteiger partial charge on any atom is 0.236 e. The van der Waals surface area contributed by atoms with Crippen LogP contribution in [0.4, 0.5) is 0 Å². The van der Waals surface area contributed by atoms with Gasteiger partial charge >= 0.3 is 0 Å². The topological polar surface area (TPSA) is 69.0 Å². The molecule has 0 heterocycles. The number of hydrogen-bond donors (Lipinski definition) is 3. The van der Waals surface area contributed by atoms with Gasteiger partial charge in [0.2, 0.25) is 5.96 Å². The third-order valence-electron chi connectivity index (χ3n) is 3.51. The van der Waals surface area contributed by atoms with Crippen LogP contribution in [0.15, 0.2) is 64.7 Å². The maximum absolute atomic E-state index is 8.85. The fourth-order valence-corrected chi connectivity index (χ4v) is 2.47. The highest BCUT2D eigenvalue weighted by atomic mass is 16.5. The van der Waals surface area contributed by atoms with E-state index in [0.717, 1.165) is 27.1 Å². The zero-order chi connectivity index (χ0) is 15.4. The van der Waals surface area contributed by atoms with Crippen molar-refractivity contribution in [3.05, 3.63) is 60.2 Å². The summed E-state index contributed by atoms with van der Waals surface area (Å²) in [6.45, 7) is 0. The van der Waals surface area contributed by atoms with E-state index in [1.807, 2.05) is 29.7 Å². The molecule has 0 unspecified atom stereocenters. The summed E-state index contributed by atoms with van der Waals surface area (Å²) in [6.07, 6.45) is 1.74. The van der Waals surface area contributed by atoms with Gasteiger partial charge in [-0.2, -0.15) is 5.10 Å². The molecule has 110 valence electrons. The van der Waals surface area contributed by atoms with Crippen LogP contribution in [0.25, 0.3) is 21.5 Å². The van der Waals surface area contributed by atoms with Crippen molar-refractivity contribution in [3.63, 3.8) is 0 Å². The lowest BCUT2D eigenvalue weighted by atomic mass is 9.97. The Morgan fingerprint density at radius 2 is 1.59 bits per heavy atom. The van der Waals surface area contributed by atoms with E-state index in [4.69, 9.17) is 5.21 Å². The van der Waals surface area contributed by atoms with Crippen LogP contribution in [-0.4, -0.2) is 24.4 Å². The smallest absolute Gasteiger partial charge is 0.236 e. The van der Waals surface area contributed by atoms with Crippen molar-refractivity contribution in [1.29, 1.82) is 0 Å². The largest absolute Gasteiger partial charge is 0.288 e. The molecule has 22 heavy (non-hydrogen) atoms. The molecule has 0 aliphatic heterocycles. The Hall–Kier alpha value is -2.92. The summed E-state index contributed by atoms with van der Waals surface area (Å²) < 4.78 is 0. The summed E-state index contributed by atoms with van der Waals surface area (Å²) >= 11 is 0. The molecular weight excluding hydrogens is 276 g/mol. The summed E-state index contributed by atoms with van der Waals surface area (Å²) in [4.78, 5) is 3.79. The van der Waals surface area contributed by atoms with Gasteiger partial charge in [-0.25, -0.2) is 10.9 Å². The minimum atomic E-state index is 0.181. The van der Waals surface area contributed by atoms with Gasteiger partial charge in [0, 0.05) is 12.6 Å². The van der Waals surface area contributed by atoms with Crippen LogP contribution in [0.2, 0.25) is 0 Å². The van der Waals surface area contributed by atoms with Crippen LogP contribution in [0.1, 0.15) is 5.56 Å². The van der Waals surface area contributed by atoms with Crippen molar-refractivity contribution < 1.29 is 5.21 Å². The van der Waals surface area contributed by atoms with Gasteiger partial charge in [0.05, 0.1) is 6.21 Å². The molecular formula is C17H16N4O. The van der Waals surface area contributed by atoms with Gasteiger partial charge in [-0.15, -0.1) is 0 Å². The Kier molecular flexibility index (Phi) is 3.98. The lowest BCUT2D eigenvalue weighted by molar-refractivity contribution is 0.229. The second-order valence-corrected chi connectivity index (χ2v) is 4.79. The number of hydrogen-bond acceptors (Lipinski definition) is 3. The monoisotopic (exact) mass is 292 g/mol. The Morgan fingerprint density at radius 1 is 1.00 bits per heavy atom. The molecule has 3 rings (SSSR count). The van der Waals surface area contributed by atoms with Crippen LogP contribution < -0.4 is 10.9 Å². The number of rotatable bonds is 2. The Morgan fingerprint density at radius 3 is 2.14 bits per heavy atom. The van der Waals surface area contributed by atoms with E-state index >= 15 is 0 Å². The second-order valence-electron chi connectivity index (χ2n) is 4.79. The molecule has 5 nitrogen and oxygen atoms in total. The molecule has 0 aliphatic carbocycles. The van der Waals surface area contributed by atoms with Crippen molar-refractivity contribution >= 4 is 33.7 Å². The van der Waals surface area contributed by atoms with E-state index in [-0.39, 0.29) is 5.96 Å². The highest BCUT2D eigenvalue weighted by molar-refractivity contribution is 6.13. The van der Waals surface area contributed by atoms with Crippen LogP contribution in [0, 0.1) is 0 Å². The average molecular weight is 292 g/mol. The number of fused-ring (bicyclic) bond motifs is 2. The Labute approximate surface area is 127 Å². The number of aliphatic imine (C=N–C) groups is 1. The van der Waals surface area contributed by atoms with Gasteiger partial charge in [0.15, 0.2) is 0 Å². The van der Waals surface area contributed by atoms with E-state index < -0.39 is 0 Å². The van der Waals surface area contributed by atoms with E-state index in [9.17, 15) is 0 Å². The molecule has 0 amide bonds. The molecule has 0 aromatic heterocycles. The van der Waals surface area contributed by atoms with Crippen LogP contribution in [0.5, 0.6) is 0 Å². The summed E-state index contributed by atoms with van der Waals surface area (Å²) in [5.74, 6) is 0.181. The SMILES string of the molecule is CN=C(NO)N/N=C/c1c2ccccc2cc2ccccc12. The van der Waals surface area contributed by atoms with Crippen molar-refractivity contribution in [3.8, 4) is 0 Å². The van der Waals surface area contributed by atoms with Gasteiger partial charge < -0.3 is 0 Å². The summed E-state index contributed by atoms with van der Waals surface area (Å²) in [6, 6.07) is 18.5.